The number of nitrogens with zero attached hydrogens (tertiary/aromatic N) is 1. The standard InChI is InChI=1S/C18H22FN5O2/c1-21-14-8-12(20)9-15-17(14)24(13-6-4-11(19)5-7-13)16(10-25)18(22-2,23-3)26-15/h4-10,16,21-23H,20H2,1-3H3. The minimum absolute atomic E-state index is 0.357. The van der Waals surface area contributed by atoms with Crippen LogP contribution in [0.4, 0.5) is 27.1 Å². The number of nitrogens with one attached hydrogen (secondary N) is 3. The molecule has 0 amide bonds. The van der Waals surface area contributed by atoms with Gasteiger partial charge in [0.25, 0.3) is 0 Å². The van der Waals surface area contributed by atoms with Crippen molar-refractivity contribution in [3.05, 3.63) is 42.2 Å². The van der Waals surface area contributed by atoms with Gasteiger partial charge in [0.15, 0.2) is 11.8 Å². The molecule has 1 heterocycles. The number of fused-ring (bicyclic) bond motifs is 1. The Labute approximate surface area is 151 Å². The average Bonchev–Trinajstić information content (AvgIpc) is 2.66. The smallest absolute Gasteiger partial charge is 0.245 e. The number of carbonyl (C=O) groups is 1. The zero-order valence-electron chi connectivity index (χ0n) is 14.8. The minimum atomic E-state index is -1.19. The molecule has 0 spiro atoms. The molecule has 0 radical (unpaired) electrons. The summed E-state index contributed by atoms with van der Waals surface area (Å²) in [6.45, 7) is 0. The molecule has 0 aliphatic carbocycles. The Morgan fingerprint density at radius 1 is 1.19 bits per heavy atom. The van der Waals surface area contributed by atoms with Gasteiger partial charge in [-0.2, -0.15) is 0 Å². The van der Waals surface area contributed by atoms with E-state index in [1.54, 1.807) is 50.3 Å². The third-order valence-corrected chi connectivity index (χ3v) is 4.55. The molecule has 0 saturated carbocycles. The summed E-state index contributed by atoms with van der Waals surface area (Å²) in [5.41, 5.74) is 8.49. The van der Waals surface area contributed by atoms with E-state index in [2.05, 4.69) is 16.0 Å². The van der Waals surface area contributed by atoms with E-state index >= 15 is 0 Å². The Morgan fingerprint density at radius 3 is 2.38 bits per heavy atom. The van der Waals surface area contributed by atoms with E-state index in [4.69, 9.17) is 10.5 Å². The van der Waals surface area contributed by atoms with Gasteiger partial charge in [-0.25, -0.2) is 4.39 Å². The normalized spacial score (nSPS) is 18.0. The van der Waals surface area contributed by atoms with Crippen molar-refractivity contribution in [2.45, 2.75) is 11.9 Å². The largest absolute Gasteiger partial charge is 0.455 e. The molecule has 5 N–H and O–H groups in total. The van der Waals surface area contributed by atoms with Gasteiger partial charge >= 0.3 is 0 Å². The SMILES string of the molecule is CNc1cc(N)cc2c1N(c1ccc(F)cc1)C(C=O)C(NC)(NC)O2. The molecular formula is C18H22FN5O2. The number of nitrogen functional groups attached to an aromatic ring is 1. The summed E-state index contributed by atoms with van der Waals surface area (Å²) in [4.78, 5) is 13.9. The molecule has 1 aliphatic rings. The molecule has 2 aromatic rings. The summed E-state index contributed by atoms with van der Waals surface area (Å²) in [5, 5.41) is 9.15. The Kier molecular flexibility index (Phi) is 4.71. The van der Waals surface area contributed by atoms with Gasteiger partial charge in [-0.1, -0.05) is 0 Å². The highest BCUT2D eigenvalue weighted by atomic mass is 19.1. The highest BCUT2D eigenvalue weighted by Crippen LogP contribution is 2.48. The van der Waals surface area contributed by atoms with Gasteiger partial charge in [0.2, 0.25) is 5.85 Å². The van der Waals surface area contributed by atoms with Crippen LogP contribution in [-0.2, 0) is 4.79 Å². The van der Waals surface area contributed by atoms with Gasteiger partial charge in [0.1, 0.15) is 17.8 Å². The predicted molar refractivity (Wildman–Crippen MR) is 100 cm³/mol. The summed E-state index contributed by atoms with van der Waals surface area (Å²) < 4.78 is 19.6. The number of rotatable bonds is 5. The maximum absolute atomic E-state index is 13.4. The van der Waals surface area contributed by atoms with Gasteiger partial charge < -0.3 is 25.5 Å². The second-order valence-electron chi connectivity index (χ2n) is 5.93. The molecule has 138 valence electrons. The first kappa shape index (κ1) is 18.0. The molecule has 1 unspecified atom stereocenters. The van der Waals surface area contributed by atoms with Crippen LogP contribution in [0.25, 0.3) is 0 Å². The number of hydrogen-bond acceptors (Lipinski definition) is 7. The van der Waals surface area contributed by atoms with Gasteiger partial charge in [-0.3, -0.25) is 10.6 Å². The van der Waals surface area contributed by atoms with Crippen LogP contribution in [0.15, 0.2) is 36.4 Å². The fourth-order valence-electron chi connectivity index (χ4n) is 3.27. The summed E-state index contributed by atoms with van der Waals surface area (Å²) >= 11 is 0. The van der Waals surface area contributed by atoms with Gasteiger partial charge in [-0.05, 0) is 44.4 Å². The molecule has 7 nitrogen and oxygen atoms in total. The fourth-order valence-corrected chi connectivity index (χ4v) is 3.27. The predicted octanol–water partition coefficient (Wildman–Crippen LogP) is 1.64. The van der Waals surface area contributed by atoms with Crippen LogP contribution in [-0.4, -0.2) is 39.3 Å². The van der Waals surface area contributed by atoms with Crippen molar-refractivity contribution in [1.29, 1.82) is 0 Å². The Hall–Kier alpha value is -2.84. The molecule has 2 aromatic carbocycles. The lowest BCUT2D eigenvalue weighted by atomic mass is 10.0. The third kappa shape index (κ3) is 2.73. The van der Waals surface area contributed by atoms with Crippen molar-refractivity contribution in [1.82, 2.24) is 10.6 Å². The van der Waals surface area contributed by atoms with E-state index < -0.39 is 11.9 Å². The Bertz CT molecular complexity index is 808. The molecule has 8 heteroatoms. The van der Waals surface area contributed by atoms with Crippen LogP contribution in [0.5, 0.6) is 5.75 Å². The number of carbonyl (C=O) groups excluding carboxylic acids is 1. The van der Waals surface area contributed by atoms with Crippen LogP contribution >= 0.6 is 0 Å². The minimum Gasteiger partial charge on any atom is -0.455 e. The third-order valence-electron chi connectivity index (χ3n) is 4.55. The number of benzene rings is 2. The quantitative estimate of drug-likeness (QED) is 0.366. The summed E-state index contributed by atoms with van der Waals surface area (Å²) in [7, 11) is 5.13. The first-order valence-corrected chi connectivity index (χ1v) is 8.18. The van der Waals surface area contributed by atoms with Crippen LogP contribution in [0.2, 0.25) is 0 Å². The van der Waals surface area contributed by atoms with Crippen molar-refractivity contribution < 1.29 is 13.9 Å². The van der Waals surface area contributed by atoms with Crippen molar-refractivity contribution in [3.63, 3.8) is 0 Å². The van der Waals surface area contributed by atoms with Crippen molar-refractivity contribution >= 4 is 29.0 Å². The topological polar surface area (TPSA) is 91.7 Å². The molecule has 3 rings (SSSR count). The summed E-state index contributed by atoms with van der Waals surface area (Å²) in [5.74, 6) is -1.06. The van der Waals surface area contributed by atoms with E-state index in [0.717, 1.165) is 6.29 Å². The van der Waals surface area contributed by atoms with Crippen molar-refractivity contribution in [2.24, 2.45) is 0 Å². The van der Waals surface area contributed by atoms with E-state index in [1.807, 2.05) is 0 Å². The fraction of sp³-hybridized carbons (Fsp3) is 0.278. The molecule has 0 saturated heterocycles. The second kappa shape index (κ2) is 6.81. The van der Waals surface area contributed by atoms with Crippen molar-refractivity contribution in [2.75, 3.05) is 37.1 Å². The highest BCUT2D eigenvalue weighted by Gasteiger charge is 2.49. The lowest BCUT2D eigenvalue weighted by Crippen LogP contribution is -2.72. The molecule has 0 fully saturated rings. The van der Waals surface area contributed by atoms with Crippen LogP contribution < -0.4 is 31.3 Å². The van der Waals surface area contributed by atoms with E-state index in [-0.39, 0.29) is 5.82 Å². The number of nitrogens with two attached hydrogens (primary N) is 1. The van der Waals surface area contributed by atoms with Gasteiger partial charge in [0.05, 0.1) is 5.69 Å². The van der Waals surface area contributed by atoms with Crippen molar-refractivity contribution in [3.8, 4) is 5.75 Å². The lowest BCUT2D eigenvalue weighted by Gasteiger charge is -2.48. The maximum Gasteiger partial charge on any atom is 0.245 e. The highest BCUT2D eigenvalue weighted by molar-refractivity contribution is 5.90. The number of aldehydes is 1. The molecule has 1 aliphatic heterocycles. The van der Waals surface area contributed by atoms with Crippen LogP contribution in [0, 0.1) is 5.82 Å². The Morgan fingerprint density at radius 2 is 1.85 bits per heavy atom. The van der Waals surface area contributed by atoms with E-state index in [1.165, 1.54) is 12.1 Å². The number of likely N-dealkylation sites (N-methyl/N-ethyl adjacent to an activating group) is 2. The molecule has 1 atom stereocenters. The van der Waals surface area contributed by atoms with Crippen LogP contribution in [0.3, 0.4) is 0 Å². The Balaban J connectivity index is 2.30. The number of hydrogen-bond donors (Lipinski definition) is 4. The molecule has 26 heavy (non-hydrogen) atoms. The number of ether oxygens (including phenoxy) is 1. The summed E-state index contributed by atoms with van der Waals surface area (Å²) in [6, 6.07) is 8.61. The van der Waals surface area contributed by atoms with Crippen LogP contribution in [0.1, 0.15) is 0 Å². The molecular weight excluding hydrogens is 337 g/mol. The van der Waals surface area contributed by atoms with E-state index in [0.29, 0.717) is 28.5 Å². The van der Waals surface area contributed by atoms with Gasteiger partial charge in [-0.15, -0.1) is 0 Å². The zero-order valence-corrected chi connectivity index (χ0v) is 14.8. The monoisotopic (exact) mass is 359 g/mol. The van der Waals surface area contributed by atoms with Gasteiger partial charge in [0, 0.05) is 24.5 Å². The molecule has 0 bridgehead atoms. The summed E-state index contributed by atoms with van der Waals surface area (Å²) in [6.07, 6.45) is 0.787. The number of halogens is 1. The second-order valence-corrected chi connectivity index (χ2v) is 5.93. The first-order valence-electron chi connectivity index (χ1n) is 8.18. The molecule has 0 aromatic heterocycles. The average molecular weight is 359 g/mol. The first-order chi connectivity index (χ1) is 12.5. The maximum atomic E-state index is 13.4. The number of anilines is 4. The lowest BCUT2D eigenvalue weighted by molar-refractivity contribution is -0.116. The van der Waals surface area contributed by atoms with E-state index in [9.17, 15) is 9.18 Å². The zero-order chi connectivity index (χ0) is 18.9.